The van der Waals surface area contributed by atoms with Crippen molar-refractivity contribution < 1.29 is 4.39 Å². The van der Waals surface area contributed by atoms with Crippen molar-refractivity contribution in [3.63, 3.8) is 0 Å². The summed E-state index contributed by atoms with van der Waals surface area (Å²) >= 11 is 0. The van der Waals surface area contributed by atoms with E-state index in [1.54, 1.807) is 6.07 Å². The second kappa shape index (κ2) is 8.25. The number of hydrogen-bond acceptors (Lipinski definition) is 2. The Balaban J connectivity index is 2.84. The van der Waals surface area contributed by atoms with Gasteiger partial charge in [0.1, 0.15) is 5.82 Å². The van der Waals surface area contributed by atoms with Gasteiger partial charge >= 0.3 is 0 Å². The highest BCUT2D eigenvalue weighted by atomic mass is 19.1. The zero-order valence-corrected chi connectivity index (χ0v) is 13.3. The van der Waals surface area contributed by atoms with Gasteiger partial charge in [-0.2, -0.15) is 0 Å². The first-order valence-corrected chi connectivity index (χ1v) is 7.80. The van der Waals surface area contributed by atoms with Crippen molar-refractivity contribution in [1.29, 1.82) is 0 Å². The van der Waals surface area contributed by atoms with Gasteiger partial charge in [0.05, 0.1) is 5.69 Å². The van der Waals surface area contributed by atoms with Crippen molar-refractivity contribution in [2.75, 3.05) is 18.0 Å². The molecule has 20 heavy (non-hydrogen) atoms. The van der Waals surface area contributed by atoms with E-state index in [4.69, 9.17) is 5.73 Å². The van der Waals surface area contributed by atoms with Gasteiger partial charge in [-0.05, 0) is 43.4 Å². The minimum Gasteiger partial charge on any atom is -0.369 e. The fourth-order valence-electron chi connectivity index (χ4n) is 2.28. The summed E-state index contributed by atoms with van der Waals surface area (Å²) in [5, 5.41) is 0. The Morgan fingerprint density at radius 3 is 2.40 bits per heavy atom. The van der Waals surface area contributed by atoms with Crippen LogP contribution in [0, 0.1) is 11.7 Å². The summed E-state index contributed by atoms with van der Waals surface area (Å²) in [4.78, 5) is 2.12. The van der Waals surface area contributed by atoms with Gasteiger partial charge in [0, 0.05) is 19.1 Å². The van der Waals surface area contributed by atoms with Crippen LogP contribution >= 0.6 is 0 Å². The molecule has 2 N–H and O–H groups in total. The van der Waals surface area contributed by atoms with Crippen molar-refractivity contribution in [1.82, 2.24) is 0 Å². The average Bonchev–Trinajstić information content (AvgIpc) is 2.45. The van der Waals surface area contributed by atoms with E-state index in [1.165, 1.54) is 0 Å². The standard InChI is InChI=1S/C17H29FN2/c1-5-13(4)12-20(7-3)17-9-8-14(11-16(17)18)10-15(19)6-2/h8-9,11,13,15H,5-7,10,12,19H2,1-4H3. The van der Waals surface area contributed by atoms with Crippen LogP contribution in [0.1, 0.15) is 46.1 Å². The van der Waals surface area contributed by atoms with Gasteiger partial charge in [-0.3, -0.25) is 0 Å². The average molecular weight is 280 g/mol. The van der Waals surface area contributed by atoms with Gasteiger partial charge < -0.3 is 10.6 Å². The van der Waals surface area contributed by atoms with Crippen LogP contribution in [0.15, 0.2) is 18.2 Å². The van der Waals surface area contributed by atoms with Crippen molar-refractivity contribution in [3.8, 4) is 0 Å². The van der Waals surface area contributed by atoms with Crippen LogP contribution in [0.4, 0.5) is 10.1 Å². The maximum atomic E-state index is 14.3. The van der Waals surface area contributed by atoms with Crippen molar-refractivity contribution in [2.24, 2.45) is 11.7 Å². The van der Waals surface area contributed by atoms with E-state index >= 15 is 0 Å². The lowest BCUT2D eigenvalue weighted by atomic mass is 10.0. The van der Waals surface area contributed by atoms with E-state index in [1.807, 2.05) is 12.1 Å². The second-order valence-corrected chi connectivity index (χ2v) is 5.71. The van der Waals surface area contributed by atoms with Gasteiger partial charge in [0.25, 0.3) is 0 Å². The zero-order chi connectivity index (χ0) is 15.1. The number of benzene rings is 1. The number of nitrogens with zero attached hydrogens (tertiary/aromatic N) is 1. The van der Waals surface area contributed by atoms with Crippen LogP contribution in [0.2, 0.25) is 0 Å². The molecule has 0 spiro atoms. The van der Waals surface area contributed by atoms with Gasteiger partial charge in [-0.25, -0.2) is 4.39 Å². The first-order chi connectivity index (χ1) is 9.51. The van der Waals surface area contributed by atoms with Crippen molar-refractivity contribution in [2.45, 2.75) is 53.0 Å². The van der Waals surface area contributed by atoms with Crippen LogP contribution in [-0.4, -0.2) is 19.1 Å². The Bertz CT molecular complexity index is 406. The molecular weight excluding hydrogens is 251 g/mol. The molecule has 2 atom stereocenters. The summed E-state index contributed by atoms with van der Waals surface area (Å²) < 4.78 is 14.3. The Labute approximate surface area is 123 Å². The molecule has 0 amide bonds. The quantitative estimate of drug-likeness (QED) is 0.780. The number of hydrogen-bond donors (Lipinski definition) is 1. The Kier molecular flexibility index (Phi) is 7.00. The summed E-state index contributed by atoms with van der Waals surface area (Å²) in [5.74, 6) is 0.443. The van der Waals surface area contributed by atoms with Crippen molar-refractivity contribution in [3.05, 3.63) is 29.6 Å². The first kappa shape index (κ1) is 17.0. The molecule has 1 aromatic rings. The van der Waals surface area contributed by atoms with Crippen LogP contribution in [0.5, 0.6) is 0 Å². The molecule has 0 saturated heterocycles. The number of anilines is 1. The lowest BCUT2D eigenvalue weighted by molar-refractivity contribution is 0.537. The van der Waals surface area contributed by atoms with E-state index in [9.17, 15) is 4.39 Å². The molecule has 114 valence electrons. The fourth-order valence-corrected chi connectivity index (χ4v) is 2.28. The summed E-state index contributed by atoms with van der Waals surface area (Å²) in [6.45, 7) is 10.2. The highest BCUT2D eigenvalue weighted by molar-refractivity contribution is 5.49. The van der Waals surface area contributed by atoms with Crippen LogP contribution in [0.25, 0.3) is 0 Å². The summed E-state index contributed by atoms with van der Waals surface area (Å²) in [6, 6.07) is 5.67. The Hall–Kier alpha value is -1.09. The van der Waals surface area contributed by atoms with Crippen LogP contribution in [-0.2, 0) is 6.42 Å². The lowest BCUT2D eigenvalue weighted by Gasteiger charge is -2.27. The van der Waals surface area contributed by atoms with E-state index < -0.39 is 0 Å². The highest BCUT2D eigenvalue weighted by Crippen LogP contribution is 2.22. The third-order valence-corrected chi connectivity index (χ3v) is 3.99. The summed E-state index contributed by atoms with van der Waals surface area (Å²) in [7, 11) is 0. The molecule has 0 fully saturated rings. The topological polar surface area (TPSA) is 29.3 Å². The molecule has 0 aliphatic rings. The third kappa shape index (κ3) is 4.78. The van der Waals surface area contributed by atoms with Gasteiger partial charge in [0.15, 0.2) is 0 Å². The van der Waals surface area contributed by atoms with E-state index in [2.05, 4.69) is 32.6 Å². The van der Waals surface area contributed by atoms with E-state index in [-0.39, 0.29) is 11.9 Å². The number of halogens is 1. The molecule has 2 nitrogen and oxygen atoms in total. The molecule has 1 rings (SSSR count). The van der Waals surface area contributed by atoms with Crippen LogP contribution < -0.4 is 10.6 Å². The molecule has 0 saturated carbocycles. The molecule has 0 radical (unpaired) electrons. The smallest absolute Gasteiger partial charge is 0.146 e. The molecule has 1 aromatic carbocycles. The number of rotatable bonds is 8. The zero-order valence-electron chi connectivity index (χ0n) is 13.3. The maximum absolute atomic E-state index is 14.3. The SMILES string of the molecule is CCC(C)CN(CC)c1ccc(CC(N)CC)cc1F. The normalized spacial score (nSPS) is 14.1. The minimum absolute atomic E-state index is 0.114. The van der Waals surface area contributed by atoms with Gasteiger partial charge in [-0.1, -0.05) is 33.3 Å². The molecule has 0 heterocycles. The predicted molar refractivity (Wildman–Crippen MR) is 85.7 cm³/mol. The third-order valence-electron chi connectivity index (χ3n) is 3.99. The molecular formula is C17H29FN2. The predicted octanol–water partition coefficient (Wildman–Crippen LogP) is 3.98. The number of nitrogens with two attached hydrogens (primary N) is 1. The van der Waals surface area contributed by atoms with E-state index in [0.29, 0.717) is 11.6 Å². The fraction of sp³-hybridized carbons (Fsp3) is 0.647. The molecule has 3 heteroatoms. The van der Waals surface area contributed by atoms with Crippen LogP contribution in [0.3, 0.4) is 0 Å². The van der Waals surface area contributed by atoms with Crippen molar-refractivity contribution >= 4 is 5.69 Å². The molecule has 0 aliphatic heterocycles. The Morgan fingerprint density at radius 2 is 1.90 bits per heavy atom. The summed E-state index contributed by atoms with van der Waals surface area (Å²) in [5.41, 5.74) is 7.63. The van der Waals surface area contributed by atoms with Gasteiger partial charge in [0.2, 0.25) is 0 Å². The largest absolute Gasteiger partial charge is 0.369 e. The second-order valence-electron chi connectivity index (χ2n) is 5.71. The Morgan fingerprint density at radius 1 is 1.20 bits per heavy atom. The lowest BCUT2D eigenvalue weighted by Crippen LogP contribution is -2.29. The molecule has 0 bridgehead atoms. The highest BCUT2D eigenvalue weighted by Gasteiger charge is 2.13. The maximum Gasteiger partial charge on any atom is 0.146 e. The van der Waals surface area contributed by atoms with Gasteiger partial charge in [-0.15, -0.1) is 0 Å². The molecule has 2 unspecified atom stereocenters. The monoisotopic (exact) mass is 280 g/mol. The molecule has 0 aliphatic carbocycles. The molecule has 0 aromatic heterocycles. The first-order valence-electron chi connectivity index (χ1n) is 7.80. The van der Waals surface area contributed by atoms with E-state index in [0.717, 1.165) is 37.9 Å². The summed E-state index contributed by atoms with van der Waals surface area (Å²) in [6.07, 6.45) is 2.77. The minimum atomic E-state index is -0.129.